The fraction of sp³-hybridized carbons (Fsp3) is 0.261. The van der Waals surface area contributed by atoms with E-state index in [9.17, 15) is 22.8 Å². The van der Waals surface area contributed by atoms with Crippen molar-refractivity contribution in [3.05, 3.63) is 71.1 Å². The zero-order valence-corrected chi connectivity index (χ0v) is 18.1. The first kappa shape index (κ1) is 23.9. The lowest BCUT2D eigenvalue weighted by atomic mass is 10.1. The minimum absolute atomic E-state index is 0.115. The highest BCUT2D eigenvalue weighted by Gasteiger charge is 2.38. The van der Waals surface area contributed by atoms with Crippen LogP contribution < -0.4 is 5.32 Å². The molecular formula is C23H18F3N5O4. The summed E-state index contributed by atoms with van der Waals surface area (Å²) in [6.07, 6.45) is -4.75. The summed E-state index contributed by atoms with van der Waals surface area (Å²) in [6, 6.07) is 13.6. The van der Waals surface area contributed by atoms with E-state index in [0.29, 0.717) is 24.3 Å². The van der Waals surface area contributed by atoms with E-state index in [1.54, 1.807) is 23.1 Å². The van der Waals surface area contributed by atoms with Gasteiger partial charge in [-0.1, -0.05) is 23.4 Å². The average molecular weight is 485 g/mol. The molecule has 0 bridgehead atoms. The zero-order chi connectivity index (χ0) is 25.0. The van der Waals surface area contributed by atoms with Crippen LogP contribution in [0.25, 0.3) is 11.4 Å². The Morgan fingerprint density at radius 1 is 1.17 bits per heavy atom. The van der Waals surface area contributed by atoms with Gasteiger partial charge in [0.25, 0.3) is 11.8 Å². The maximum Gasteiger partial charge on any atom is 0.471 e. The lowest BCUT2D eigenvalue weighted by Crippen LogP contribution is -2.53. The first-order valence-corrected chi connectivity index (χ1v) is 10.4. The number of carbonyl (C=O) groups excluding carboxylic acids is 2. The number of nitrogens with zero attached hydrogens (tertiary/aromatic N) is 4. The third-order valence-electron chi connectivity index (χ3n) is 5.30. The van der Waals surface area contributed by atoms with Crippen molar-refractivity contribution < 1.29 is 32.0 Å². The molecule has 2 aromatic carbocycles. The molecule has 12 heteroatoms. The van der Waals surface area contributed by atoms with Gasteiger partial charge in [-0.3, -0.25) is 9.59 Å². The van der Waals surface area contributed by atoms with E-state index in [2.05, 4.69) is 20.0 Å². The summed E-state index contributed by atoms with van der Waals surface area (Å²) >= 11 is 0. The Kier molecular flexibility index (Phi) is 6.79. The Bertz CT molecular complexity index is 1270. The zero-order valence-electron chi connectivity index (χ0n) is 18.1. The first-order valence-electron chi connectivity index (χ1n) is 10.4. The summed E-state index contributed by atoms with van der Waals surface area (Å²) in [4.78, 5) is 30.5. The molecule has 35 heavy (non-hydrogen) atoms. The summed E-state index contributed by atoms with van der Waals surface area (Å²) in [5, 5.41) is 15.1. The van der Waals surface area contributed by atoms with Gasteiger partial charge in [0.2, 0.25) is 5.82 Å². The summed E-state index contributed by atoms with van der Waals surface area (Å²) in [5.41, 5.74) is 1.24. The van der Waals surface area contributed by atoms with Crippen LogP contribution in [-0.4, -0.2) is 59.2 Å². The van der Waals surface area contributed by atoms with Gasteiger partial charge in [0, 0.05) is 29.8 Å². The van der Waals surface area contributed by atoms with Crippen LogP contribution >= 0.6 is 0 Å². The molecule has 1 aliphatic heterocycles. The van der Waals surface area contributed by atoms with E-state index in [1.807, 2.05) is 6.07 Å². The van der Waals surface area contributed by atoms with Crippen LogP contribution in [0.15, 0.2) is 53.1 Å². The van der Waals surface area contributed by atoms with E-state index < -0.39 is 24.0 Å². The van der Waals surface area contributed by atoms with Crippen LogP contribution in [0.4, 0.5) is 13.2 Å². The van der Waals surface area contributed by atoms with Crippen LogP contribution in [0.5, 0.6) is 0 Å². The molecule has 180 valence electrons. The molecule has 3 aromatic rings. The minimum atomic E-state index is -4.75. The molecular weight excluding hydrogens is 467 g/mol. The smallest absolute Gasteiger partial charge is 0.377 e. The number of amides is 2. The highest BCUT2D eigenvalue weighted by molar-refractivity contribution is 5.96. The van der Waals surface area contributed by atoms with Crippen molar-refractivity contribution in [2.45, 2.75) is 12.2 Å². The van der Waals surface area contributed by atoms with Crippen LogP contribution in [0.1, 0.15) is 32.2 Å². The number of benzene rings is 2. The van der Waals surface area contributed by atoms with Crippen molar-refractivity contribution in [3.8, 4) is 17.5 Å². The van der Waals surface area contributed by atoms with E-state index in [1.165, 1.54) is 30.3 Å². The number of ether oxygens (including phenoxy) is 1. The standard InChI is InChI=1S/C23H18F3N5O4/c24-23(25,26)22-29-19(30-35-22)15-4-6-16(7-5-15)20(32)28-12-18-13-34-9-8-31(18)21(33)17-3-1-2-14(10-17)11-27/h1-7,10,18H,8-9,12-13H2,(H,28,32)/t18-/m1/s1. The number of hydrogen-bond acceptors (Lipinski definition) is 7. The number of morpholine rings is 1. The van der Waals surface area contributed by atoms with Gasteiger partial charge in [0.15, 0.2) is 0 Å². The maximum absolute atomic E-state index is 13.0. The lowest BCUT2D eigenvalue weighted by Gasteiger charge is -2.35. The number of hydrogen-bond donors (Lipinski definition) is 1. The van der Waals surface area contributed by atoms with Gasteiger partial charge in [-0.05, 0) is 30.3 Å². The van der Waals surface area contributed by atoms with Crippen LogP contribution in [-0.2, 0) is 10.9 Å². The Labute approximate surface area is 197 Å². The highest BCUT2D eigenvalue weighted by Crippen LogP contribution is 2.29. The second kappa shape index (κ2) is 9.94. The number of nitriles is 1. The number of nitrogens with one attached hydrogen (secondary N) is 1. The monoisotopic (exact) mass is 485 g/mol. The molecule has 9 nitrogen and oxygen atoms in total. The van der Waals surface area contributed by atoms with E-state index in [4.69, 9.17) is 10.00 Å². The van der Waals surface area contributed by atoms with Gasteiger partial charge in [-0.15, -0.1) is 0 Å². The molecule has 2 heterocycles. The molecule has 1 aromatic heterocycles. The molecule has 0 radical (unpaired) electrons. The second-order valence-electron chi connectivity index (χ2n) is 7.63. The summed E-state index contributed by atoms with van der Waals surface area (Å²) < 4.78 is 47.6. The topological polar surface area (TPSA) is 121 Å². The fourth-order valence-corrected chi connectivity index (χ4v) is 3.52. The second-order valence-corrected chi connectivity index (χ2v) is 7.63. The third kappa shape index (κ3) is 5.47. The Morgan fingerprint density at radius 3 is 2.63 bits per heavy atom. The molecule has 0 unspecified atom stereocenters. The Balaban J connectivity index is 1.40. The fourth-order valence-electron chi connectivity index (χ4n) is 3.52. The largest absolute Gasteiger partial charge is 0.471 e. The minimum Gasteiger partial charge on any atom is -0.377 e. The molecule has 0 aliphatic carbocycles. The van der Waals surface area contributed by atoms with Gasteiger partial charge < -0.3 is 19.5 Å². The van der Waals surface area contributed by atoms with Gasteiger partial charge >= 0.3 is 12.1 Å². The van der Waals surface area contributed by atoms with Gasteiger partial charge in [-0.25, -0.2) is 0 Å². The maximum atomic E-state index is 13.0. The highest BCUT2D eigenvalue weighted by atomic mass is 19.4. The normalized spacial score (nSPS) is 15.9. The quantitative estimate of drug-likeness (QED) is 0.590. The number of alkyl halides is 3. The lowest BCUT2D eigenvalue weighted by molar-refractivity contribution is -0.159. The molecule has 0 spiro atoms. The van der Waals surface area contributed by atoms with Crippen molar-refractivity contribution in [2.75, 3.05) is 26.3 Å². The molecule has 1 fully saturated rings. The van der Waals surface area contributed by atoms with Crippen LogP contribution in [0, 0.1) is 11.3 Å². The Morgan fingerprint density at radius 2 is 1.94 bits per heavy atom. The number of halogens is 3. The molecule has 4 rings (SSSR count). The van der Waals surface area contributed by atoms with E-state index >= 15 is 0 Å². The van der Waals surface area contributed by atoms with Crippen LogP contribution in [0.2, 0.25) is 0 Å². The SMILES string of the molecule is N#Cc1cccc(C(=O)N2CCOC[C@H]2CNC(=O)c2ccc(-c3noc(C(F)(F)F)n3)cc2)c1. The Hall–Kier alpha value is -4.24. The summed E-state index contributed by atoms with van der Waals surface area (Å²) in [6.45, 7) is 1.02. The van der Waals surface area contributed by atoms with Crippen molar-refractivity contribution in [2.24, 2.45) is 0 Å². The molecule has 0 saturated carbocycles. The van der Waals surface area contributed by atoms with Gasteiger partial charge in [-0.2, -0.15) is 23.4 Å². The predicted molar refractivity (Wildman–Crippen MR) is 114 cm³/mol. The molecule has 1 atom stereocenters. The molecule has 1 aliphatic rings. The van der Waals surface area contributed by atoms with E-state index in [0.717, 1.165) is 0 Å². The van der Waals surface area contributed by atoms with Crippen molar-refractivity contribution in [1.29, 1.82) is 5.26 Å². The van der Waals surface area contributed by atoms with E-state index in [-0.39, 0.29) is 36.0 Å². The van der Waals surface area contributed by atoms with Crippen LogP contribution in [0.3, 0.4) is 0 Å². The summed E-state index contributed by atoms with van der Waals surface area (Å²) in [7, 11) is 0. The number of carbonyl (C=O) groups is 2. The van der Waals surface area contributed by atoms with Gasteiger partial charge in [0.1, 0.15) is 0 Å². The number of rotatable bonds is 5. The first-order chi connectivity index (χ1) is 16.8. The summed E-state index contributed by atoms with van der Waals surface area (Å²) in [5.74, 6) is -2.42. The van der Waals surface area contributed by atoms with Crippen molar-refractivity contribution in [1.82, 2.24) is 20.4 Å². The van der Waals surface area contributed by atoms with Crippen molar-refractivity contribution >= 4 is 11.8 Å². The predicted octanol–water partition coefficient (Wildman–Crippen LogP) is 2.90. The molecule has 2 amide bonds. The average Bonchev–Trinajstić information content (AvgIpc) is 3.38. The third-order valence-corrected chi connectivity index (χ3v) is 5.30. The number of aromatic nitrogens is 2. The van der Waals surface area contributed by atoms with Crippen molar-refractivity contribution in [3.63, 3.8) is 0 Å². The molecule has 1 saturated heterocycles. The van der Waals surface area contributed by atoms with Gasteiger partial charge in [0.05, 0.1) is 30.9 Å². The molecule has 1 N–H and O–H groups in total.